The van der Waals surface area contributed by atoms with Gasteiger partial charge in [-0.1, -0.05) is 23.7 Å². The second-order valence-electron chi connectivity index (χ2n) is 5.46. The zero-order chi connectivity index (χ0) is 19.3. The molecular weight excluding hydrogens is 386 g/mol. The molecule has 0 unspecified atom stereocenters. The number of benzene rings is 2. The summed E-state index contributed by atoms with van der Waals surface area (Å²) in [6.07, 6.45) is 4.45. The van der Waals surface area contributed by atoms with E-state index in [1.807, 2.05) is 0 Å². The van der Waals surface area contributed by atoms with Gasteiger partial charge in [0, 0.05) is 23.0 Å². The number of carbonyl (C=O) groups is 1. The molecule has 8 heteroatoms. The third-order valence-corrected chi connectivity index (χ3v) is 5.67. The molecule has 0 bridgehead atoms. The molecule has 0 aliphatic heterocycles. The Hall–Kier alpha value is -3.03. The van der Waals surface area contributed by atoms with E-state index < -0.39 is 9.84 Å². The molecule has 0 spiro atoms. The van der Waals surface area contributed by atoms with Crippen LogP contribution in [0, 0.1) is 0 Å². The van der Waals surface area contributed by atoms with Gasteiger partial charge in [0.2, 0.25) is 9.84 Å². The van der Waals surface area contributed by atoms with Crippen LogP contribution in [0.4, 0.5) is 0 Å². The maximum Gasteiger partial charge on any atom is 0.271 e. The van der Waals surface area contributed by atoms with Crippen molar-refractivity contribution in [3.63, 3.8) is 0 Å². The highest BCUT2D eigenvalue weighted by Gasteiger charge is 2.17. The van der Waals surface area contributed by atoms with Crippen molar-refractivity contribution in [1.82, 2.24) is 10.4 Å². The van der Waals surface area contributed by atoms with Crippen LogP contribution >= 0.6 is 11.6 Å². The number of rotatable bonds is 5. The molecule has 0 saturated heterocycles. The second kappa shape index (κ2) is 8.11. The van der Waals surface area contributed by atoms with Gasteiger partial charge in [-0.05, 0) is 54.1 Å². The Bertz CT molecular complexity index is 1070. The number of halogens is 1. The molecule has 136 valence electrons. The number of hydrazone groups is 1. The van der Waals surface area contributed by atoms with Crippen molar-refractivity contribution in [2.24, 2.45) is 5.10 Å². The highest BCUT2D eigenvalue weighted by molar-refractivity contribution is 7.91. The predicted molar refractivity (Wildman–Crippen MR) is 103 cm³/mol. The van der Waals surface area contributed by atoms with Gasteiger partial charge in [-0.3, -0.25) is 9.78 Å². The van der Waals surface area contributed by atoms with E-state index in [-0.39, 0.29) is 15.7 Å². The minimum absolute atomic E-state index is 0.155. The maximum atomic E-state index is 12.6. The SMILES string of the molecule is O=C(NN=Cc1ccc(S(=O)(=O)c2ccc(Cl)cc2)cc1)c1ccncc1. The van der Waals surface area contributed by atoms with Crippen LogP contribution in [-0.2, 0) is 9.84 Å². The molecule has 0 radical (unpaired) electrons. The Labute approximate surface area is 161 Å². The van der Waals surface area contributed by atoms with Crippen LogP contribution in [-0.4, -0.2) is 25.5 Å². The number of carbonyl (C=O) groups excluding carboxylic acids is 1. The lowest BCUT2D eigenvalue weighted by Gasteiger charge is -2.05. The van der Waals surface area contributed by atoms with Crippen molar-refractivity contribution in [1.29, 1.82) is 0 Å². The van der Waals surface area contributed by atoms with Crippen LogP contribution in [0.2, 0.25) is 5.02 Å². The lowest BCUT2D eigenvalue weighted by molar-refractivity contribution is 0.0955. The van der Waals surface area contributed by atoms with E-state index in [9.17, 15) is 13.2 Å². The summed E-state index contributed by atoms with van der Waals surface area (Å²) >= 11 is 5.80. The van der Waals surface area contributed by atoms with E-state index in [2.05, 4.69) is 15.5 Å². The van der Waals surface area contributed by atoms with Crippen molar-refractivity contribution in [3.8, 4) is 0 Å². The largest absolute Gasteiger partial charge is 0.271 e. The fraction of sp³-hybridized carbons (Fsp3) is 0. The normalized spacial score (nSPS) is 11.4. The van der Waals surface area contributed by atoms with Crippen LogP contribution in [0.1, 0.15) is 15.9 Å². The molecule has 2 aromatic carbocycles. The Morgan fingerprint density at radius 3 is 2.07 bits per heavy atom. The summed E-state index contributed by atoms with van der Waals surface area (Å²) in [5, 5.41) is 4.34. The van der Waals surface area contributed by atoms with Crippen molar-refractivity contribution < 1.29 is 13.2 Å². The number of amides is 1. The second-order valence-corrected chi connectivity index (χ2v) is 7.85. The highest BCUT2D eigenvalue weighted by atomic mass is 35.5. The standard InChI is InChI=1S/C19H14ClN3O3S/c20-16-3-7-18(8-4-16)27(25,26)17-5-1-14(2-6-17)13-22-23-19(24)15-9-11-21-12-10-15/h1-13H,(H,23,24). The lowest BCUT2D eigenvalue weighted by Crippen LogP contribution is -2.17. The molecule has 1 aromatic heterocycles. The van der Waals surface area contributed by atoms with Crippen molar-refractivity contribution in [2.75, 3.05) is 0 Å². The lowest BCUT2D eigenvalue weighted by atomic mass is 10.2. The van der Waals surface area contributed by atoms with E-state index in [4.69, 9.17) is 11.6 Å². The highest BCUT2D eigenvalue weighted by Crippen LogP contribution is 2.22. The van der Waals surface area contributed by atoms with E-state index in [1.54, 1.807) is 24.3 Å². The first-order valence-electron chi connectivity index (χ1n) is 7.81. The average Bonchev–Trinajstić information content (AvgIpc) is 2.69. The molecule has 3 aromatic rings. The molecule has 1 N–H and O–H groups in total. The molecule has 0 aliphatic rings. The third-order valence-electron chi connectivity index (χ3n) is 3.64. The van der Waals surface area contributed by atoms with Crippen LogP contribution in [0.3, 0.4) is 0 Å². The molecule has 27 heavy (non-hydrogen) atoms. The van der Waals surface area contributed by atoms with Gasteiger partial charge in [-0.25, -0.2) is 13.8 Å². The van der Waals surface area contributed by atoms with Crippen LogP contribution in [0.5, 0.6) is 0 Å². The fourth-order valence-corrected chi connectivity index (χ4v) is 3.60. The molecule has 0 saturated carbocycles. The topological polar surface area (TPSA) is 88.5 Å². The van der Waals surface area contributed by atoms with Crippen molar-refractivity contribution in [2.45, 2.75) is 9.79 Å². The molecule has 0 atom stereocenters. The molecule has 0 fully saturated rings. The summed E-state index contributed by atoms with van der Waals surface area (Å²) in [5.74, 6) is -0.365. The first kappa shape index (κ1) is 18.8. The molecule has 1 amide bonds. The van der Waals surface area contributed by atoms with Gasteiger partial charge in [0.25, 0.3) is 5.91 Å². The van der Waals surface area contributed by atoms with Gasteiger partial charge in [0.05, 0.1) is 16.0 Å². The number of pyridine rings is 1. The molecule has 3 rings (SSSR count). The number of hydrogen-bond donors (Lipinski definition) is 1. The Kier molecular flexibility index (Phi) is 5.63. The number of nitrogens with zero attached hydrogens (tertiary/aromatic N) is 2. The van der Waals surface area contributed by atoms with Crippen molar-refractivity contribution >= 4 is 33.6 Å². The van der Waals surface area contributed by atoms with Gasteiger partial charge in [-0.15, -0.1) is 0 Å². The summed E-state index contributed by atoms with van der Waals surface area (Å²) in [4.78, 5) is 16.0. The van der Waals surface area contributed by atoms with E-state index in [1.165, 1.54) is 55.0 Å². The van der Waals surface area contributed by atoms with Crippen molar-refractivity contribution in [3.05, 3.63) is 89.2 Å². The van der Waals surface area contributed by atoms with E-state index in [0.717, 1.165) is 0 Å². The van der Waals surface area contributed by atoms with Gasteiger partial charge in [0.15, 0.2) is 0 Å². The summed E-state index contributed by atoms with van der Waals surface area (Å²) < 4.78 is 25.2. The smallest absolute Gasteiger partial charge is 0.267 e. The monoisotopic (exact) mass is 399 g/mol. The third kappa shape index (κ3) is 4.58. The molecule has 6 nitrogen and oxygen atoms in total. The number of aromatic nitrogens is 1. The molecular formula is C19H14ClN3O3S. The molecule has 1 heterocycles. The number of nitrogens with one attached hydrogen (secondary N) is 1. The summed E-state index contributed by atoms with van der Waals surface area (Å²) in [6.45, 7) is 0. The van der Waals surface area contributed by atoms with Gasteiger partial charge >= 0.3 is 0 Å². The average molecular weight is 400 g/mol. The summed E-state index contributed by atoms with van der Waals surface area (Å²) in [5.41, 5.74) is 3.47. The maximum absolute atomic E-state index is 12.6. The van der Waals surface area contributed by atoms with Gasteiger partial charge in [-0.2, -0.15) is 5.10 Å². The Balaban J connectivity index is 1.70. The van der Waals surface area contributed by atoms with Crippen LogP contribution < -0.4 is 5.43 Å². The Morgan fingerprint density at radius 2 is 1.48 bits per heavy atom. The van der Waals surface area contributed by atoms with Crippen LogP contribution in [0.15, 0.2) is 87.9 Å². The number of hydrogen-bond acceptors (Lipinski definition) is 5. The summed E-state index contributed by atoms with van der Waals surface area (Å²) in [6, 6.07) is 15.3. The van der Waals surface area contributed by atoms with E-state index >= 15 is 0 Å². The zero-order valence-corrected chi connectivity index (χ0v) is 15.5. The minimum Gasteiger partial charge on any atom is -0.267 e. The van der Waals surface area contributed by atoms with Crippen LogP contribution in [0.25, 0.3) is 0 Å². The van der Waals surface area contributed by atoms with E-state index in [0.29, 0.717) is 16.1 Å². The number of sulfone groups is 1. The minimum atomic E-state index is -3.62. The quantitative estimate of drug-likeness (QED) is 0.526. The Morgan fingerprint density at radius 1 is 0.926 bits per heavy atom. The first-order chi connectivity index (χ1) is 13.0. The predicted octanol–water partition coefficient (Wildman–Crippen LogP) is 3.33. The zero-order valence-electron chi connectivity index (χ0n) is 13.9. The first-order valence-corrected chi connectivity index (χ1v) is 9.67. The summed E-state index contributed by atoms with van der Waals surface area (Å²) in [7, 11) is -3.62. The van der Waals surface area contributed by atoms with Gasteiger partial charge < -0.3 is 0 Å². The fourth-order valence-electron chi connectivity index (χ4n) is 2.22. The molecule has 0 aliphatic carbocycles. The van der Waals surface area contributed by atoms with Gasteiger partial charge in [0.1, 0.15) is 0 Å².